The van der Waals surface area contributed by atoms with Gasteiger partial charge in [-0.1, -0.05) is 13.8 Å². The Morgan fingerprint density at radius 3 is 2.60 bits per heavy atom. The van der Waals surface area contributed by atoms with E-state index in [1.165, 1.54) is 5.56 Å². The molecule has 25 heavy (non-hydrogen) atoms. The lowest BCUT2D eigenvalue weighted by Crippen LogP contribution is -2.39. The second-order valence-corrected chi connectivity index (χ2v) is 6.30. The van der Waals surface area contributed by atoms with Crippen LogP contribution in [0, 0.1) is 5.92 Å². The van der Waals surface area contributed by atoms with Crippen molar-refractivity contribution >= 4 is 35.8 Å². The Balaban J connectivity index is 0.00000576. The molecule has 0 aromatic carbocycles. The zero-order chi connectivity index (χ0) is 17.9. The van der Waals surface area contributed by atoms with Crippen LogP contribution in [0.3, 0.4) is 0 Å². The highest BCUT2D eigenvalue weighted by Gasteiger charge is 2.12. The third kappa shape index (κ3) is 9.25. The maximum absolute atomic E-state index is 5.77. The molecule has 1 rings (SSSR count). The second kappa shape index (κ2) is 13.2. The molecule has 1 heterocycles. The fraction of sp³-hybridized carbons (Fsp3) is 0.667. The van der Waals surface area contributed by atoms with Gasteiger partial charge in [0.05, 0.1) is 6.10 Å². The number of rotatable bonds is 9. The Hall–Kier alpha value is -1.09. The number of nitrogens with one attached hydrogen (secondary N) is 2. The standard InChI is InChI=1S/C18H33N5O.HI/c1-7-24-16(14(2)3)9-11-21-18(19-4)22-13-15-8-10-20-17(12-15)23(5)6;/h8,10,12,14,16H,7,9,11,13H2,1-6H3,(H2,19,21,22);1H. The second-order valence-electron chi connectivity index (χ2n) is 6.30. The predicted octanol–water partition coefficient (Wildman–Crippen LogP) is 2.88. The number of guanidine groups is 1. The minimum atomic E-state index is 0. The van der Waals surface area contributed by atoms with Gasteiger partial charge in [0, 0.05) is 47.0 Å². The molecule has 1 atom stereocenters. The maximum atomic E-state index is 5.77. The van der Waals surface area contributed by atoms with Crippen LogP contribution >= 0.6 is 24.0 Å². The molecule has 1 unspecified atom stereocenters. The number of hydrogen-bond donors (Lipinski definition) is 2. The average molecular weight is 463 g/mol. The van der Waals surface area contributed by atoms with Crippen molar-refractivity contribution in [2.24, 2.45) is 10.9 Å². The monoisotopic (exact) mass is 463 g/mol. The summed E-state index contributed by atoms with van der Waals surface area (Å²) in [6, 6.07) is 4.08. The van der Waals surface area contributed by atoms with Crippen LogP contribution in [0.4, 0.5) is 5.82 Å². The van der Waals surface area contributed by atoms with Crippen molar-refractivity contribution in [3.8, 4) is 0 Å². The van der Waals surface area contributed by atoms with Crippen molar-refractivity contribution in [3.05, 3.63) is 23.9 Å². The van der Waals surface area contributed by atoms with Gasteiger partial charge < -0.3 is 20.3 Å². The summed E-state index contributed by atoms with van der Waals surface area (Å²) >= 11 is 0. The van der Waals surface area contributed by atoms with Crippen LogP contribution in [0.2, 0.25) is 0 Å². The van der Waals surface area contributed by atoms with Crippen molar-refractivity contribution in [1.82, 2.24) is 15.6 Å². The zero-order valence-corrected chi connectivity index (χ0v) is 18.7. The van der Waals surface area contributed by atoms with Gasteiger partial charge in [-0.2, -0.15) is 0 Å². The Bertz CT molecular complexity index is 508. The van der Waals surface area contributed by atoms with E-state index in [4.69, 9.17) is 4.74 Å². The molecule has 6 nitrogen and oxygen atoms in total. The Morgan fingerprint density at radius 2 is 2.04 bits per heavy atom. The molecule has 0 saturated heterocycles. The number of anilines is 1. The molecule has 0 aliphatic heterocycles. The maximum Gasteiger partial charge on any atom is 0.191 e. The van der Waals surface area contributed by atoms with E-state index in [1.807, 2.05) is 38.2 Å². The number of ether oxygens (including phenoxy) is 1. The van der Waals surface area contributed by atoms with Crippen LogP contribution in [-0.4, -0.2) is 51.3 Å². The largest absolute Gasteiger partial charge is 0.378 e. The molecule has 0 spiro atoms. The van der Waals surface area contributed by atoms with E-state index in [2.05, 4.69) is 40.5 Å². The summed E-state index contributed by atoms with van der Waals surface area (Å²) in [4.78, 5) is 10.6. The van der Waals surface area contributed by atoms with E-state index in [0.29, 0.717) is 12.5 Å². The first-order chi connectivity index (χ1) is 11.5. The molecule has 1 aromatic rings. The number of halogens is 1. The Labute approximate surface area is 169 Å². The number of nitrogens with zero attached hydrogens (tertiary/aromatic N) is 3. The molecule has 0 saturated carbocycles. The molecule has 0 fully saturated rings. The van der Waals surface area contributed by atoms with Gasteiger partial charge in [0.15, 0.2) is 5.96 Å². The van der Waals surface area contributed by atoms with Crippen molar-refractivity contribution in [2.45, 2.75) is 39.8 Å². The summed E-state index contributed by atoms with van der Waals surface area (Å²) in [5, 5.41) is 6.69. The highest BCUT2D eigenvalue weighted by atomic mass is 127. The summed E-state index contributed by atoms with van der Waals surface area (Å²) in [7, 11) is 5.77. The smallest absolute Gasteiger partial charge is 0.191 e. The molecule has 7 heteroatoms. The van der Waals surface area contributed by atoms with Crippen LogP contribution in [0.1, 0.15) is 32.8 Å². The van der Waals surface area contributed by atoms with Gasteiger partial charge in [0.2, 0.25) is 0 Å². The average Bonchev–Trinajstić information content (AvgIpc) is 2.57. The van der Waals surface area contributed by atoms with Crippen molar-refractivity contribution in [3.63, 3.8) is 0 Å². The fourth-order valence-corrected chi connectivity index (χ4v) is 2.38. The van der Waals surface area contributed by atoms with Gasteiger partial charge in [-0.15, -0.1) is 24.0 Å². The number of hydrogen-bond acceptors (Lipinski definition) is 4. The Morgan fingerprint density at radius 1 is 1.32 bits per heavy atom. The first kappa shape index (κ1) is 23.9. The van der Waals surface area contributed by atoms with E-state index in [9.17, 15) is 0 Å². The molecule has 0 aliphatic carbocycles. The van der Waals surface area contributed by atoms with Gasteiger partial charge in [-0.25, -0.2) is 4.98 Å². The highest BCUT2D eigenvalue weighted by molar-refractivity contribution is 14.0. The molecular weight excluding hydrogens is 429 g/mol. The van der Waals surface area contributed by atoms with E-state index in [-0.39, 0.29) is 30.1 Å². The molecule has 0 bridgehead atoms. The summed E-state index contributed by atoms with van der Waals surface area (Å²) in [6.45, 7) is 8.73. The minimum absolute atomic E-state index is 0. The quantitative estimate of drug-likeness (QED) is 0.335. The van der Waals surface area contributed by atoms with Gasteiger partial charge in [0.25, 0.3) is 0 Å². The van der Waals surface area contributed by atoms with Crippen LogP contribution in [0.25, 0.3) is 0 Å². The molecule has 1 aromatic heterocycles. The van der Waals surface area contributed by atoms with Crippen molar-refractivity contribution < 1.29 is 4.74 Å². The summed E-state index contributed by atoms with van der Waals surface area (Å²) < 4.78 is 5.77. The fourth-order valence-electron chi connectivity index (χ4n) is 2.38. The minimum Gasteiger partial charge on any atom is -0.378 e. The number of pyridine rings is 1. The Kier molecular flexibility index (Phi) is 12.6. The van der Waals surface area contributed by atoms with E-state index < -0.39 is 0 Å². The first-order valence-electron chi connectivity index (χ1n) is 8.66. The third-order valence-corrected chi connectivity index (χ3v) is 3.80. The molecule has 0 aliphatic rings. The normalized spacial score (nSPS) is 12.5. The van der Waals surface area contributed by atoms with Gasteiger partial charge in [0.1, 0.15) is 5.82 Å². The molecule has 0 amide bonds. The van der Waals surface area contributed by atoms with Gasteiger partial charge in [-0.05, 0) is 37.0 Å². The lowest BCUT2D eigenvalue weighted by Gasteiger charge is -2.21. The predicted molar refractivity (Wildman–Crippen MR) is 117 cm³/mol. The molecular formula is C18H34IN5O. The lowest BCUT2D eigenvalue weighted by atomic mass is 10.0. The van der Waals surface area contributed by atoms with E-state index in [0.717, 1.165) is 31.3 Å². The lowest BCUT2D eigenvalue weighted by molar-refractivity contribution is 0.0258. The summed E-state index contributed by atoms with van der Waals surface area (Å²) in [6.07, 6.45) is 3.08. The number of aromatic nitrogens is 1. The third-order valence-electron chi connectivity index (χ3n) is 3.80. The van der Waals surface area contributed by atoms with E-state index >= 15 is 0 Å². The highest BCUT2D eigenvalue weighted by Crippen LogP contribution is 2.10. The van der Waals surface area contributed by atoms with Gasteiger partial charge in [-0.3, -0.25) is 4.99 Å². The SMILES string of the molecule is CCOC(CCNC(=NC)NCc1ccnc(N(C)C)c1)C(C)C.I. The first-order valence-corrected chi connectivity index (χ1v) is 8.66. The summed E-state index contributed by atoms with van der Waals surface area (Å²) in [5.74, 6) is 2.27. The van der Waals surface area contributed by atoms with E-state index in [1.54, 1.807) is 7.05 Å². The van der Waals surface area contributed by atoms with Crippen LogP contribution in [0.5, 0.6) is 0 Å². The molecule has 2 N–H and O–H groups in total. The van der Waals surface area contributed by atoms with Crippen molar-refractivity contribution in [2.75, 3.05) is 39.2 Å². The summed E-state index contributed by atoms with van der Waals surface area (Å²) in [5.41, 5.74) is 1.17. The van der Waals surface area contributed by atoms with Crippen LogP contribution < -0.4 is 15.5 Å². The number of aliphatic imine (C=N–C) groups is 1. The molecule has 0 radical (unpaired) electrons. The van der Waals surface area contributed by atoms with Crippen LogP contribution in [0.15, 0.2) is 23.3 Å². The molecule has 144 valence electrons. The van der Waals surface area contributed by atoms with Crippen molar-refractivity contribution in [1.29, 1.82) is 0 Å². The zero-order valence-electron chi connectivity index (χ0n) is 16.4. The van der Waals surface area contributed by atoms with Gasteiger partial charge >= 0.3 is 0 Å². The topological polar surface area (TPSA) is 61.8 Å². The van der Waals surface area contributed by atoms with Crippen LogP contribution in [-0.2, 0) is 11.3 Å².